The smallest absolute Gasteiger partial charge is 0.255 e. The minimum absolute atomic E-state index is 0.240. The van der Waals surface area contributed by atoms with Crippen LogP contribution in [0.5, 0.6) is 0 Å². The van der Waals surface area contributed by atoms with E-state index in [9.17, 15) is 14.0 Å². The molecule has 0 saturated heterocycles. The maximum Gasteiger partial charge on any atom is 0.255 e. The topological polar surface area (TPSA) is 58.2 Å². The SMILES string of the molecule is O=C(NCc1ccc(Cl)cc1)c1ccc(C(=O)Nc2ccc(F)cc2)cc1. The van der Waals surface area contributed by atoms with Gasteiger partial charge < -0.3 is 10.6 Å². The molecule has 0 unspecified atom stereocenters. The molecule has 6 heteroatoms. The molecule has 0 saturated carbocycles. The minimum Gasteiger partial charge on any atom is -0.348 e. The first-order valence-corrected chi connectivity index (χ1v) is 8.59. The van der Waals surface area contributed by atoms with Crippen molar-refractivity contribution in [2.75, 3.05) is 5.32 Å². The van der Waals surface area contributed by atoms with E-state index < -0.39 is 0 Å². The van der Waals surface area contributed by atoms with Crippen LogP contribution in [0.2, 0.25) is 5.02 Å². The summed E-state index contributed by atoms with van der Waals surface area (Å²) in [6, 6.07) is 19.0. The molecule has 27 heavy (non-hydrogen) atoms. The molecule has 136 valence electrons. The van der Waals surface area contributed by atoms with Gasteiger partial charge in [0.25, 0.3) is 11.8 Å². The van der Waals surface area contributed by atoms with Gasteiger partial charge in [0.1, 0.15) is 5.82 Å². The molecule has 4 nitrogen and oxygen atoms in total. The molecule has 3 aromatic rings. The van der Waals surface area contributed by atoms with E-state index in [-0.39, 0.29) is 17.6 Å². The average Bonchev–Trinajstić information content (AvgIpc) is 2.69. The van der Waals surface area contributed by atoms with Gasteiger partial charge >= 0.3 is 0 Å². The molecule has 0 aliphatic heterocycles. The van der Waals surface area contributed by atoms with E-state index in [4.69, 9.17) is 11.6 Å². The Hall–Kier alpha value is -3.18. The standard InChI is InChI=1S/C21H16ClFN2O2/c22-17-7-1-14(2-8-17)13-24-20(26)15-3-5-16(6-4-15)21(27)25-19-11-9-18(23)10-12-19/h1-12H,13H2,(H,24,26)(H,25,27). The average molecular weight is 383 g/mol. The number of amides is 2. The number of rotatable bonds is 5. The van der Waals surface area contributed by atoms with Crippen molar-refractivity contribution >= 4 is 29.1 Å². The predicted octanol–water partition coefficient (Wildman–Crippen LogP) is 4.66. The van der Waals surface area contributed by atoms with Crippen LogP contribution < -0.4 is 10.6 Å². The van der Waals surface area contributed by atoms with Gasteiger partial charge in [-0.25, -0.2) is 4.39 Å². The Morgan fingerprint density at radius 1 is 0.778 bits per heavy atom. The second kappa shape index (κ2) is 8.47. The van der Waals surface area contributed by atoms with Crippen LogP contribution in [0.3, 0.4) is 0 Å². The van der Waals surface area contributed by atoms with Crippen molar-refractivity contribution in [2.24, 2.45) is 0 Å². The zero-order valence-electron chi connectivity index (χ0n) is 14.2. The van der Waals surface area contributed by atoms with Gasteiger partial charge in [-0.05, 0) is 66.2 Å². The number of nitrogens with one attached hydrogen (secondary N) is 2. The third-order valence-electron chi connectivity index (χ3n) is 3.88. The zero-order chi connectivity index (χ0) is 19.2. The molecule has 2 amide bonds. The molecule has 0 aromatic heterocycles. The van der Waals surface area contributed by atoms with Crippen LogP contribution in [0, 0.1) is 5.82 Å². The van der Waals surface area contributed by atoms with Crippen molar-refractivity contribution in [3.8, 4) is 0 Å². The Bertz CT molecular complexity index is 939. The monoisotopic (exact) mass is 382 g/mol. The molecule has 0 aliphatic carbocycles. The Kier molecular flexibility index (Phi) is 5.84. The summed E-state index contributed by atoms with van der Waals surface area (Å²) in [4.78, 5) is 24.4. The van der Waals surface area contributed by atoms with Crippen LogP contribution in [0.15, 0.2) is 72.8 Å². The lowest BCUT2D eigenvalue weighted by Crippen LogP contribution is -2.22. The molecule has 0 aliphatic rings. The van der Waals surface area contributed by atoms with Crippen LogP contribution in [-0.4, -0.2) is 11.8 Å². The highest BCUT2D eigenvalue weighted by atomic mass is 35.5. The van der Waals surface area contributed by atoms with Gasteiger partial charge in [-0.2, -0.15) is 0 Å². The van der Waals surface area contributed by atoms with Crippen LogP contribution in [0.25, 0.3) is 0 Å². The molecule has 0 bridgehead atoms. The number of halogens is 2. The number of carbonyl (C=O) groups excluding carboxylic acids is 2. The number of hydrogen-bond donors (Lipinski definition) is 2. The number of carbonyl (C=O) groups is 2. The quantitative estimate of drug-likeness (QED) is 0.674. The van der Waals surface area contributed by atoms with E-state index in [2.05, 4.69) is 10.6 Å². The second-order valence-electron chi connectivity index (χ2n) is 5.85. The fourth-order valence-corrected chi connectivity index (χ4v) is 2.52. The van der Waals surface area contributed by atoms with Crippen LogP contribution >= 0.6 is 11.6 Å². The highest BCUT2D eigenvalue weighted by Crippen LogP contribution is 2.12. The van der Waals surface area contributed by atoms with E-state index in [1.807, 2.05) is 12.1 Å². The van der Waals surface area contributed by atoms with Gasteiger partial charge in [0, 0.05) is 28.4 Å². The van der Waals surface area contributed by atoms with Crippen molar-refractivity contribution in [1.29, 1.82) is 0 Å². The Morgan fingerprint density at radius 2 is 1.33 bits per heavy atom. The van der Waals surface area contributed by atoms with Crippen LogP contribution in [0.4, 0.5) is 10.1 Å². The molecule has 0 atom stereocenters. The molecular weight excluding hydrogens is 367 g/mol. The van der Waals surface area contributed by atoms with Gasteiger partial charge in [-0.3, -0.25) is 9.59 Å². The van der Waals surface area contributed by atoms with E-state index in [0.717, 1.165) is 5.56 Å². The maximum absolute atomic E-state index is 12.9. The third kappa shape index (κ3) is 5.15. The van der Waals surface area contributed by atoms with Crippen LogP contribution in [0.1, 0.15) is 26.3 Å². The normalized spacial score (nSPS) is 10.3. The van der Waals surface area contributed by atoms with Gasteiger partial charge in [0.2, 0.25) is 0 Å². The van der Waals surface area contributed by atoms with E-state index in [1.165, 1.54) is 24.3 Å². The fraction of sp³-hybridized carbons (Fsp3) is 0.0476. The second-order valence-corrected chi connectivity index (χ2v) is 6.28. The molecule has 3 aromatic carbocycles. The summed E-state index contributed by atoms with van der Waals surface area (Å²) < 4.78 is 12.9. The lowest BCUT2D eigenvalue weighted by Gasteiger charge is -2.08. The summed E-state index contributed by atoms with van der Waals surface area (Å²) in [5.74, 6) is -0.952. The molecule has 0 spiro atoms. The number of anilines is 1. The predicted molar refractivity (Wildman–Crippen MR) is 103 cm³/mol. The Morgan fingerprint density at radius 3 is 1.93 bits per heavy atom. The summed E-state index contributed by atoms with van der Waals surface area (Å²) in [5, 5.41) is 6.12. The van der Waals surface area contributed by atoms with E-state index >= 15 is 0 Å². The first-order chi connectivity index (χ1) is 13.0. The molecular formula is C21H16ClFN2O2. The highest BCUT2D eigenvalue weighted by Gasteiger charge is 2.09. The summed E-state index contributed by atoms with van der Waals surface area (Å²) in [5.41, 5.74) is 2.27. The van der Waals surface area contributed by atoms with Crippen molar-refractivity contribution in [2.45, 2.75) is 6.54 Å². The first kappa shape index (κ1) is 18.6. The lowest BCUT2D eigenvalue weighted by molar-refractivity contribution is 0.0949. The van der Waals surface area contributed by atoms with Crippen molar-refractivity contribution in [1.82, 2.24) is 5.32 Å². The summed E-state index contributed by atoms with van der Waals surface area (Å²) >= 11 is 5.83. The largest absolute Gasteiger partial charge is 0.348 e. The number of hydrogen-bond acceptors (Lipinski definition) is 2. The molecule has 0 fully saturated rings. The Labute approximate surface area is 161 Å². The molecule has 2 N–H and O–H groups in total. The van der Waals surface area contributed by atoms with Crippen molar-refractivity contribution in [3.05, 3.63) is 100 Å². The Balaban J connectivity index is 1.58. The number of benzene rings is 3. The van der Waals surface area contributed by atoms with Crippen molar-refractivity contribution < 1.29 is 14.0 Å². The van der Waals surface area contributed by atoms with Gasteiger partial charge in [-0.15, -0.1) is 0 Å². The van der Waals surface area contributed by atoms with Crippen LogP contribution in [-0.2, 0) is 6.54 Å². The highest BCUT2D eigenvalue weighted by molar-refractivity contribution is 6.30. The van der Waals surface area contributed by atoms with Gasteiger partial charge in [0.05, 0.1) is 0 Å². The molecule has 0 heterocycles. The minimum atomic E-state index is -0.373. The van der Waals surface area contributed by atoms with E-state index in [0.29, 0.717) is 28.4 Å². The first-order valence-electron chi connectivity index (χ1n) is 8.21. The fourth-order valence-electron chi connectivity index (χ4n) is 2.40. The molecule has 0 radical (unpaired) electrons. The lowest BCUT2D eigenvalue weighted by atomic mass is 10.1. The summed E-state index contributed by atoms with van der Waals surface area (Å²) in [6.07, 6.45) is 0. The van der Waals surface area contributed by atoms with Gasteiger partial charge in [-0.1, -0.05) is 23.7 Å². The maximum atomic E-state index is 12.9. The summed E-state index contributed by atoms with van der Waals surface area (Å²) in [6.45, 7) is 0.378. The summed E-state index contributed by atoms with van der Waals surface area (Å²) in [7, 11) is 0. The van der Waals surface area contributed by atoms with Crippen molar-refractivity contribution in [3.63, 3.8) is 0 Å². The molecule has 3 rings (SSSR count). The van der Waals surface area contributed by atoms with E-state index in [1.54, 1.807) is 36.4 Å². The zero-order valence-corrected chi connectivity index (χ0v) is 15.0. The van der Waals surface area contributed by atoms with Gasteiger partial charge in [0.15, 0.2) is 0 Å². The third-order valence-corrected chi connectivity index (χ3v) is 4.13.